The molecule has 0 fully saturated rings. The largest absolute Gasteiger partial charge is 0.489 e. The van der Waals surface area contributed by atoms with Gasteiger partial charge < -0.3 is 9.47 Å². The molecule has 0 bridgehead atoms. The van der Waals surface area contributed by atoms with Gasteiger partial charge in [0.2, 0.25) is 5.78 Å². The number of fused-ring (bicyclic) bond motifs is 1. The number of carbonyl (C=O) groups is 1. The molecule has 3 aromatic rings. The zero-order valence-corrected chi connectivity index (χ0v) is 15.7. The molecule has 0 saturated carbocycles. The molecule has 1 aliphatic heterocycles. The Morgan fingerprint density at radius 3 is 2.70 bits per heavy atom. The number of benzene rings is 3. The number of halogens is 2. The molecule has 134 valence electrons. The third kappa shape index (κ3) is 3.93. The number of rotatable bonds is 4. The summed E-state index contributed by atoms with van der Waals surface area (Å²) in [7, 11) is 0. The van der Waals surface area contributed by atoms with Crippen molar-refractivity contribution in [3.05, 3.63) is 99.5 Å². The van der Waals surface area contributed by atoms with Crippen LogP contribution in [0.3, 0.4) is 0 Å². The third-order valence-electron chi connectivity index (χ3n) is 4.08. The number of hydrogen-bond donors (Lipinski definition) is 0. The summed E-state index contributed by atoms with van der Waals surface area (Å²) < 4.78 is 25.6. The number of hydrogen-bond acceptors (Lipinski definition) is 3. The zero-order valence-electron chi connectivity index (χ0n) is 14.1. The van der Waals surface area contributed by atoms with Crippen LogP contribution in [0, 0.1) is 5.82 Å². The van der Waals surface area contributed by atoms with Crippen LogP contribution in [0.4, 0.5) is 4.39 Å². The van der Waals surface area contributed by atoms with Gasteiger partial charge in [0.25, 0.3) is 0 Å². The lowest BCUT2D eigenvalue weighted by Crippen LogP contribution is -1.98. The molecule has 0 spiro atoms. The lowest BCUT2D eigenvalue weighted by Gasteiger charge is -2.07. The molecule has 3 nitrogen and oxygen atoms in total. The molecule has 0 unspecified atom stereocenters. The number of carbonyl (C=O) groups excluding carboxylic acids is 1. The van der Waals surface area contributed by atoms with E-state index in [1.165, 1.54) is 12.1 Å². The van der Waals surface area contributed by atoms with Gasteiger partial charge >= 0.3 is 0 Å². The first kappa shape index (κ1) is 17.5. The highest BCUT2D eigenvalue weighted by Gasteiger charge is 2.27. The Labute approximate surface area is 164 Å². The van der Waals surface area contributed by atoms with Crippen molar-refractivity contribution >= 4 is 27.8 Å². The van der Waals surface area contributed by atoms with Crippen molar-refractivity contribution in [2.75, 3.05) is 0 Å². The van der Waals surface area contributed by atoms with Crippen LogP contribution in [0.25, 0.3) is 6.08 Å². The second kappa shape index (κ2) is 7.37. The van der Waals surface area contributed by atoms with Crippen LogP contribution >= 0.6 is 15.9 Å². The summed E-state index contributed by atoms with van der Waals surface area (Å²) in [4.78, 5) is 12.5. The van der Waals surface area contributed by atoms with E-state index in [2.05, 4.69) is 15.9 Å². The van der Waals surface area contributed by atoms with Gasteiger partial charge in [-0.25, -0.2) is 4.39 Å². The fraction of sp³-hybridized carbons (Fsp3) is 0.0455. The molecule has 5 heteroatoms. The van der Waals surface area contributed by atoms with Crippen molar-refractivity contribution in [3.63, 3.8) is 0 Å². The summed E-state index contributed by atoms with van der Waals surface area (Å²) >= 11 is 3.41. The summed E-state index contributed by atoms with van der Waals surface area (Å²) in [6, 6.07) is 18.9. The minimum absolute atomic E-state index is 0.165. The Kier molecular flexibility index (Phi) is 4.77. The molecule has 1 heterocycles. The van der Waals surface area contributed by atoms with Gasteiger partial charge in [0.15, 0.2) is 5.76 Å². The maximum Gasteiger partial charge on any atom is 0.231 e. The van der Waals surface area contributed by atoms with Crippen molar-refractivity contribution in [1.29, 1.82) is 0 Å². The Hall–Kier alpha value is -2.92. The summed E-state index contributed by atoms with van der Waals surface area (Å²) in [5.41, 5.74) is 2.08. The fourth-order valence-corrected chi connectivity index (χ4v) is 3.22. The van der Waals surface area contributed by atoms with Crippen molar-refractivity contribution in [3.8, 4) is 11.5 Å². The van der Waals surface area contributed by atoms with Gasteiger partial charge in [0, 0.05) is 10.5 Å². The number of Topliss-reactive ketones (excluding diaryl/α,β-unsaturated/α-hetero) is 1. The van der Waals surface area contributed by atoms with Crippen molar-refractivity contribution < 1.29 is 18.7 Å². The lowest BCUT2D eigenvalue weighted by molar-refractivity contribution is 0.101. The Morgan fingerprint density at radius 2 is 1.89 bits per heavy atom. The lowest BCUT2D eigenvalue weighted by atomic mass is 10.1. The van der Waals surface area contributed by atoms with Crippen molar-refractivity contribution in [2.24, 2.45) is 0 Å². The van der Waals surface area contributed by atoms with Crippen LogP contribution in [0.15, 0.2) is 77.0 Å². The van der Waals surface area contributed by atoms with E-state index >= 15 is 0 Å². The molecule has 0 aromatic heterocycles. The van der Waals surface area contributed by atoms with E-state index in [0.717, 1.165) is 15.6 Å². The van der Waals surface area contributed by atoms with Crippen LogP contribution in [-0.4, -0.2) is 5.78 Å². The predicted octanol–water partition coefficient (Wildman–Crippen LogP) is 5.78. The quantitative estimate of drug-likeness (QED) is 0.497. The van der Waals surface area contributed by atoms with Crippen LogP contribution in [0.5, 0.6) is 11.5 Å². The minimum atomic E-state index is -0.304. The van der Waals surface area contributed by atoms with Crippen molar-refractivity contribution in [1.82, 2.24) is 0 Å². The number of ketones is 1. The maximum absolute atomic E-state index is 13.2. The van der Waals surface area contributed by atoms with Gasteiger partial charge in [-0.2, -0.15) is 0 Å². The SMILES string of the molecule is O=C1/C(=C/c2cccc(Br)c2)Oc2cc(OCc3cccc(F)c3)ccc21. The minimum Gasteiger partial charge on any atom is -0.489 e. The van der Waals surface area contributed by atoms with E-state index in [9.17, 15) is 9.18 Å². The third-order valence-corrected chi connectivity index (χ3v) is 4.58. The maximum atomic E-state index is 13.2. The summed E-state index contributed by atoms with van der Waals surface area (Å²) in [6.45, 7) is 0.227. The van der Waals surface area contributed by atoms with Gasteiger partial charge in [-0.05, 0) is 53.6 Å². The van der Waals surface area contributed by atoms with Gasteiger partial charge in [-0.3, -0.25) is 4.79 Å². The molecule has 0 aliphatic carbocycles. The van der Waals surface area contributed by atoms with Crippen LogP contribution in [-0.2, 0) is 6.61 Å². The Morgan fingerprint density at radius 1 is 1.04 bits per heavy atom. The normalized spacial score (nSPS) is 14.1. The monoisotopic (exact) mass is 424 g/mol. The molecular formula is C22H14BrFO3. The van der Waals surface area contributed by atoms with E-state index in [1.54, 1.807) is 36.4 Å². The molecule has 27 heavy (non-hydrogen) atoms. The summed E-state index contributed by atoms with van der Waals surface area (Å²) in [5, 5.41) is 0. The molecule has 1 aliphatic rings. The van der Waals surface area contributed by atoms with Gasteiger partial charge in [0.1, 0.15) is 23.9 Å². The van der Waals surface area contributed by atoms with E-state index in [-0.39, 0.29) is 24.0 Å². The molecular weight excluding hydrogens is 411 g/mol. The van der Waals surface area contributed by atoms with E-state index in [4.69, 9.17) is 9.47 Å². The second-order valence-corrected chi connectivity index (χ2v) is 6.99. The second-order valence-electron chi connectivity index (χ2n) is 6.07. The average molecular weight is 425 g/mol. The number of ether oxygens (including phenoxy) is 2. The Balaban J connectivity index is 1.52. The standard InChI is InChI=1S/C22H14BrFO3/c23-16-5-1-3-14(9-16)11-21-22(25)19-8-7-18(12-20(19)27-21)26-13-15-4-2-6-17(24)10-15/h1-12H,13H2/b21-11-. The van der Waals surface area contributed by atoms with Gasteiger partial charge in [0.05, 0.1) is 5.56 Å². The molecule has 3 aromatic carbocycles. The highest BCUT2D eigenvalue weighted by atomic mass is 79.9. The highest BCUT2D eigenvalue weighted by molar-refractivity contribution is 9.10. The molecule has 0 amide bonds. The van der Waals surface area contributed by atoms with Crippen LogP contribution in [0.2, 0.25) is 0 Å². The predicted molar refractivity (Wildman–Crippen MR) is 104 cm³/mol. The fourth-order valence-electron chi connectivity index (χ4n) is 2.80. The van der Waals surface area contributed by atoms with Crippen LogP contribution < -0.4 is 9.47 Å². The Bertz CT molecular complexity index is 1060. The van der Waals surface area contributed by atoms with Gasteiger partial charge in [-0.1, -0.05) is 40.2 Å². The number of allylic oxidation sites excluding steroid dienone is 1. The summed E-state index contributed by atoms with van der Waals surface area (Å²) in [5.74, 6) is 0.806. The molecule has 0 radical (unpaired) electrons. The smallest absolute Gasteiger partial charge is 0.231 e. The van der Waals surface area contributed by atoms with E-state index < -0.39 is 0 Å². The first-order chi connectivity index (χ1) is 13.1. The van der Waals surface area contributed by atoms with E-state index in [1.807, 2.05) is 24.3 Å². The molecule has 0 saturated heterocycles. The first-order valence-corrected chi connectivity index (χ1v) is 9.09. The summed E-state index contributed by atoms with van der Waals surface area (Å²) in [6.07, 6.45) is 1.71. The average Bonchev–Trinajstić information content (AvgIpc) is 2.95. The van der Waals surface area contributed by atoms with Crippen molar-refractivity contribution in [2.45, 2.75) is 6.61 Å². The highest BCUT2D eigenvalue weighted by Crippen LogP contribution is 2.35. The molecule has 4 rings (SSSR count). The molecule has 0 atom stereocenters. The molecule has 0 N–H and O–H groups in total. The first-order valence-electron chi connectivity index (χ1n) is 8.29. The zero-order chi connectivity index (χ0) is 18.8. The van der Waals surface area contributed by atoms with Gasteiger partial charge in [-0.15, -0.1) is 0 Å². The topological polar surface area (TPSA) is 35.5 Å². The van der Waals surface area contributed by atoms with Crippen LogP contribution in [0.1, 0.15) is 21.5 Å². The van der Waals surface area contributed by atoms with E-state index in [0.29, 0.717) is 17.1 Å².